The van der Waals surface area contributed by atoms with E-state index < -0.39 is 0 Å². The minimum atomic E-state index is -0.177. The average Bonchev–Trinajstić information content (AvgIpc) is 2.21. The average molecular weight is 227 g/mol. The summed E-state index contributed by atoms with van der Waals surface area (Å²) in [4.78, 5) is 11.7. The fraction of sp³-hybridized carbons (Fsp3) is 0.364. The first-order valence-electron chi connectivity index (χ1n) is 4.91. The number of amides is 1. The number of hydrogen-bond acceptors (Lipinski definition) is 2. The Bertz CT molecular complexity index is 366. The van der Waals surface area contributed by atoms with Crippen LogP contribution in [-0.2, 0) is 0 Å². The van der Waals surface area contributed by atoms with Crippen LogP contribution in [0, 0.1) is 0 Å². The SMILES string of the molecule is CCC(C)NC(=O)c1cccc(Cl)c1N. The molecule has 0 bridgehead atoms. The zero-order chi connectivity index (χ0) is 11.4. The van der Waals surface area contributed by atoms with Gasteiger partial charge in [-0.1, -0.05) is 24.6 Å². The molecule has 0 aliphatic rings. The highest BCUT2D eigenvalue weighted by atomic mass is 35.5. The molecule has 0 spiro atoms. The van der Waals surface area contributed by atoms with E-state index in [1.807, 2.05) is 13.8 Å². The fourth-order valence-corrected chi connectivity index (χ4v) is 1.31. The zero-order valence-corrected chi connectivity index (χ0v) is 9.64. The second-order valence-electron chi connectivity index (χ2n) is 3.48. The van der Waals surface area contributed by atoms with Crippen LogP contribution in [0.5, 0.6) is 0 Å². The molecular formula is C11H15ClN2O. The van der Waals surface area contributed by atoms with Crippen LogP contribution in [0.25, 0.3) is 0 Å². The molecule has 4 heteroatoms. The topological polar surface area (TPSA) is 55.1 Å². The first-order valence-corrected chi connectivity index (χ1v) is 5.29. The summed E-state index contributed by atoms with van der Waals surface area (Å²) in [7, 11) is 0. The molecule has 0 aliphatic carbocycles. The van der Waals surface area contributed by atoms with Crippen molar-refractivity contribution >= 4 is 23.2 Å². The summed E-state index contributed by atoms with van der Waals surface area (Å²) in [6.07, 6.45) is 0.881. The highest BCUT2D eigenvalue weighted by Gasteiger charge is 2.12. The van der Waals surface area contributed by atoms with Gasteiger partial charge in [0.05, 0.1) is 16.3 Å². The van der Waals surface area contributed by atoms with Crippen molar-refractivity contribution in [3.63, 3.8) is 0 Å². The van der Waals surface area contributed by atoms with E-state index in [9.17, 15) is 4.79 Å². The van der Waals surface area contributed by atoms with E-state index in [4.69, 9.17) is 17.3 Å². The number of halogens is 1. The van der Waals surface area contributed by atoms with Gasteiger partial charge in [-0.05, 0) is 25.5 Å². The molecule has 3 nitrogen and oxygen atoms in total. The lowest BCUT2D eigenvalue weighted by atomic mass is 10.1. The molecule has 1 aromatic rings. The van der Waals surface area contributed by atoms with Gasteiger partial charge in [-0.3, -0.25) is 4.79 Å². The van der Waals surface area contributed by atoms with E-state index in [-0.39, 0.29) is 11.9 Å². The highest BCUT2D eigenvalue weighted by molar-refractivity contribution is 6.33. The van der Waals surface area contributed by atoms with Gasteiger partial charge >= 0.3 is 0 Å². The largest absolute Gasteiger partial charge is 0.397 e. The second-order valence-corrected chi connectivity index (χ2v) is 3.89. The first kappa shape index (κ1) is 11.9. The fourth-order valence-electron chi connectivity index (χ4n) is 1.14. The van der Waals surface area contributed by atoms with Crippen molar-refractivity contribution in [1.82, 2.24) is 5.32 Å². The van der Waals surface area contributed by atoms with Gasteiger partial charge in [0.2, 0.25) is 0 Å². The molecule has 0 fully saturated rings. The number of para-hydroxylation sites is 1. The third-order valence-corrected chi connectivity index (χ3v) is 2.62. The summed E-state index contributed by atoms with van der Waals surface area (Å²) in [6.45, 7) is 3.95. The van der Waals surface area contributed by atoms with E-state index in [0.29, 0.717) is 16.3 Å². The molecule has 1 unspecified atom stereocenters. The lowest BCUT2D eigenvalue weighted by molar-refractivity contribution is 0.0940. The van der Waals surface area contributed by atoms with E-state index in [1.165, 1.54) is 0 Å². The molecular weight excluding hydrogens is 212 g/mol. The Morgan fingerprint density at radius 3 is 2.87 bits per heavy atom. The number of nitrogen functional groups attached to an aromatic ring is 1. The number of nitrogens with one attached hydrogen (secondary N) is 1. The van der Waals surface area contributed by atoms with E-state index in [1.54, 1.807) is 18.2 Å². The normalized spacial score (nSPS) is 12.2. The molecule has 1 atom stereocenters. The van der Waals surface area contributed by atoms with Crippen molar-refractivity contribution in [2.75, 3.05) is 5.73 Å². The summed E-state index contributed by atoms with van der Waals surface area (Å²) in [5.41, 5.74) is 6.47. The number of nitrogens with two attached hydrogens (primary N) is 1. The van der Waals surface area contributed by atoms with Gasteiger partial charge < -0.3 is 11.1 Å². The standard InChI is InChI=1S/C11H15ClN2O/c1-3-7(2)14-11(15)8-5-4-6-9(12)10(8)13/h4-7H,3,13H2,1-2H3,(H,14,15). The molecule has 1 rings (SSSR count). The summed E-state index contributed by atoms with van der Waals surface area (Å²) in [5.74, 6) is -0.177. The van der Waals surface area contributed by atoms with Gasteiger partial charge in [0.1, 0.15) is 0 Å². The molecule has 0 saturated heterocycles. The third kappa shape index (κ3) is 2.86. The van der Waals surface area contributed by atoms with Gasteiger partial charge in [-0.25, -0.2) is 0 Å². The predicted octanol–water partition coefficient (Wildman–Crippen LogP) is 2.45. The number of carbonyl (C=O) groups excluding carboxylic acids is 1. The Morgan fingerprint density at radius 2 is 2.27 bits per heavy atom. The summed E-state index contributed by atoms with van der Waals surface area (Å²) < 4.78 is 0. The van der Waals surface area contributed by atoms with Gasteiger partial charge in [0, 0.05) is 6.04 Å². The Kier molecular flexibility index (Phi) is 3.97. The minimum Gasteiger partial charge on any atom is -0.397 e. The summed E-state index contributed by atoms with van der Waals surface area (Å²) in [5, 5.41) is 3.25. The number of benzene rings is 1. The van der Waals surface area contributed by atoms with Crippen LogP contribution >= 0.6 is 11.6 Å². The minimum absolute atomic E-state index is 0.135. The molecule has 1 aromatic carbocycles. The Morgan fingerprint density at radius 1 is 1.60 bits per heavy atom. The molecule has 1 amide bonds. The smallest absolute Gasteiger partial charge is 0.253 e. The van der Waals surface area contributed by atoms with Crippen molar-refractivity contribution in [3.05, 3.63) is 28.8 Å². The highest BCUT2D eigenvalue weighted by Crippen LogP contribution is 2.22. The molecule has 0 heterocycles. The van der Waals surface area contributed by atoms with Crippen LogP contribution in [0.3, 0.4) is 0 Å². The Labute approximate surface area is 94.6 Å². The molecule has 0 radical (unpaired) electrons. The van der Waals surface area contributed by atoms with Crippen LogP contribution in [0.1, 0.15) is 30.6 Å². The molecule has 0 aliphatic heterocycles. The van der Waals surface area contributed by atoms with Gasteiger partial charge in [-0.15, -0.1) is 0 Å². The number of anilines is 1. The Hall–Kier alpha value is -1.22. The number of carbonyl (C=O) groups is 1. The molecule has 15 heavy (non-hydrogen) atoms. The quantitative estimate of drug-likeness (QED) is 0.778. The summed E-state index contributed by atoms with van der Waals surface area (Å²) >= 11 is 5.82. The van der Waals surface area contributed by atoms with E-state index >= 15 is 0 Å². The zero-order valence-electron chi connectivity index (χ0n) is 8.88. The van der Waals surface area contributed by atoms with Crippen molar-refractivity contribution in [1.29, 1.82) is 0 Å². The van der Waals surface area contributed by atoms with Crippen LogP contribution < -0.4 is 11.1 Å². The van der Waals surface area contributed by atoms with E-state index in [2.05, 4.69) is 5.32 Å². The monoisotopic (exact) mass is 226 g/mol. The number of rotatable bonds is 3. The van der Waals surface area contributed by atoms with Crippen LogP contribution in [-0.4, -0.2) is 11.9 Å². The molecule has 0 aromatic heterocycles. The maximum absolute atomic E-state index is 11.7. The van der Waals surface area contributed by atoms with Crippen LogP contribution in [0.2, 0.25) is 5.02 Å². The lowest BCUT2D eigenvalue weighted by Crippen LogP contribution is -2.32. The number of hydrogen-bond donors (Lipinski definition) is 2. The summed E-state index contributed by atoms with van der Waals surface area (Å²) in [6, 6.07) is 5.18. The maximum Gasteiger partial charge on any atom is 0.253 e. The Balaban J connectivity index is 2.87. The van der Waals surface area contributed by atoms with Gasteiger partial charge in [0.25, 0.3) is 5.91 Å². The molecule has 82 valence electrons. The first-order chi connectivity index (χ1) is 7.06. The third-order valence-electron chi connectivity index (χ3n) is 2.29. The van der Waals surface area contributed by atoms with Crippen molar-refractivity contribution in [2.24, 2.45) is 0 Å². The van der Waals surface area contributed by atoms with Crippen molar-refractivity contribution in [3.8, 4) is 0 Å². The van der Waals surface area contributed by atoms with Crippen molar-refractivity contribution in [2.45, 2.75) is 26.3 Å². The second kappa shape index (κ2) is 5.03. The van der Waals surface area contributed by atoms with E-state index in [0.717, 1.165) is 6.42 Å². The lowest BCUT2D eigenvalue weighted by Gasteiger charge is -2.12. The molecule has 0 saturated carbocycles. The van der Waals surface area contributed by atoms with Gasteiger partial charge in [0.15, 0.2) is 0 Å². The van der Waals surface area contributed by atoms with Gasteiger partial charge in [-0.2, -0.15) is 0 Å². The molecule has 3 N–H and O–H groups in total. The maximum atomic E-state index is 11.7. The van der Waals surface area contributed by atoms with Crippen molar-refractivity contribution < 1.29 is 4.79 Å². The predicted molar refractivity (Wildman–Crippen MR) is 63.1 cm³/mol. The van der Waals surface area contributed by atoms with Crippen LogP contribution in [0.15, 0.2) is 18.2 Å². The van der Waals surface area contributed by atoms with Crippen LogP contribution in [0.4, 0.5) is 5.69 Å².